The van der Waals surface area contributed by atoms with Crippen molar-refractivity contribution in [3.8, 4) is 0 Å². The second-order valence-corrected chi connectivity index (χ2v) is 4.34. The maximum atomic E-state index is 11.4. The summed E-state index contributed by atoms with van der Waals surface area (Å²) in [5.74, 6) is 0.679. The molecular formula is C11H19N3O3. The van der Waals surface area contributed by atoms with Crippen LogP contribution in [0, 0.1) is 5.92 Å². The largest absolute Gasteiger partial charge is 0.385 e. The summed E-state index contributed by atoms with van der Waals surface area (Å²) in [6.45, 7) is 5.87. The third-order valence-electron chi connectivity index (χ3n) is 2.19. The topological polar surface area (TPSA) is 90.1 Å². The molecule has 0 amide bonds. The van der Waals surface area contributed by atoms with Gasteiger partial charge in [0.05, 0.1) is 0 Å². The molecule has 0 aliphatic carbocycles. The normalized spacial score (nSPS) is 11.0. The predicted molar refractivity (Wildman–Crippen MR) is 66.0 cm³/mol. The monoisotopic (exact) mass is 241 g/mol. The maximum Gasteiger partial charge on any atom is 0.329 e. The van der Waals surface area contributed by atoms with E-state index < -0.39 is 11.2 Å². The first kappa shape index (κ1) is 13.5. The standard InChI is InChI=1S/C11H19N3O3/c1-8(2)7-17-5-3-4-14-9(12)6-10(15)13-11(14)16/h6,8H,3-5,7,12H2,1-2H3,(H,13,15,16). The van der Waals surface area contributed by atoms with Gasteiger partial charge in [-0.2, -0.15) is 0 Å². The van der Waals surface area contributed by atoms with Gasteiger partial charge < -0.3 is 10.5 Å². The highest BCUT2D eigenvalue weighted by Crippen LogP contribution is 1.97. The first-order valence-electron chi connectivity index (χ1n) is 5.68. The fourth-order valence-electron chi connectivity index (χ4n) is 1.41. The third-order valence-corrected chi connectivity index (χ3v) is 2.19. The zero-order valence-corrected chi connectivity index (χ0v) is 10.2. The Balaban J connectivity index is 2.47. The van der Waals surface area contributed by atoms with Crippen LogP contribution in [-0.2, 0) is 11.3 Å². The molecular weight excluding hydrogens is 222 g/mol. The van der Waals surface area contributed by atoms with Crippen molar-refractivity contribution in [1.82, 2.24) is 9.55 Å². The number of rotatable bonds is 6. The van der Waals surface area contributed by atoms with Crippen molar-refractivity contribution < 1.29 is 4.74 Å². The number of aromatic nitrogens is 2. The van der Waals surface area contributed by atoms with E-state index in [4.69, 9.17) is 10.5 Å². The van der Waals surface area contributed by atoms with E-state index in [2.05, 4.69) is 18.8 Å². The lowest BCUT2D eigenvalue weighted by Gasteiger charge is -2.09. The molecule has 0 aromatic carbocycles. The number of hydrogen-bond donors (Lipinski definition) is 2. The number of hydrogen-bond acceptors (Lipinski definition) is 4. The Morgan fingerprint density at radius 1 is 1.47 bits per heavy atom. The van der Waals surface area contributed by atoms with E-state index in [-0.39, 0.29) is 5.82 Å². The van der Waals surface area contributed by atoms with Crippen LogP contribution in [0.5, 0.6) is 0 Å². The summed E-state index contributed by atoms with van der Waals surface area (Å²) >= 11 is 0. The molecule has 0 fully saturated rings. The second-order valence-electron chi connectivity index (χ2n) is 4.34. The van der Waals surface area contributed by atoms with Gasteiger partial charge in [-0.05, 0) is 12.3 Å². The van der Waals surface area contributed by atoms with Gasteiger partial charge in [0, 0.05) is 25.8 Å². The van der Waals surface area contributed by atoms with E-state index in [9.17, 15) is 9.59 Å². The van der Waals surface area contributed by atoms with Crippen LogP contribution in [-0.4, -0.2) is 22.8 Å². The van der Waals surface area contributed by atoms with Gasteiger partial charge in [-0.15, -0.1) is 0 Å². The smallest absolute Gasteiger partial charge is 0.329 e. The van der Waals surface area contributed by atoms with Crippen LogP contribution in [0.15, 0.2) is 15.7 Å². The molecule has 0 bridgehead atoms. The molecule has 17 heavy (non-hydrogen) atoms. The van der Waals surface area contributed by atoms with E-state index >= 15 is 0 Å². The van der Waals surface area contributed by atoms with Crippen LogP contribution in [0.25, 0.3) is 0 Å². The summed E-state index contributed by atoms with van der Waals surface area (Å²) in [6.07, 6.45) is 0.683. The minimum atomic E-state index is -0.473. The Bertz CT molecular complexity index is 462. The SMILES string of the molecule is CC(C)COCCCn1c(N)cc(=O)[nH]c1=O. The lowest BCUT2D eigenvalue weighted by atomic mass is 10.2. The first-order chi connectivity index (χ1) is 8.00. The Kier molecular flexibility index (Phi) is 4.96. The molecule has 0 radical (unpaired) electrons. The number of anilines is 1. The number of aromatic amines is 1. The highest BCUT2D eigenvalue weighted by atomic mass is 16.5. The van der Waals surface area contributed by atoms with E-state index in [1.54, 1.807) is 0 Å². The van der Waals surface area contributed by atoms with E-state index in [1.807, 2.05) is 0 Å². The van der Waals surface area contributed by atoms with E-state index in [0.29, 0.717) is 32.1 Å². The van der Waals surface area contributed by atoms with Crippen molar-refractivity contribution in [1.29, 1.82) is 0 Å². The molecule has 0 unspecified atom stereocenters. The molecule has 0 aliphatic heterocycles. The lowest BCUT2D eigenvalue weighted by Crippen LogP contribution is -2.31. The molecule has 0 spiro atoms. The van der Waals surface area contributed by atoms with E-state index in [1.165, 1.54) is 10.6 Å². The van der Waals surface area contributed by atoms with Gasteiger partial charge >= 0.3 is 5.69 Å². The number of nitrogens with zero attached hydrogens (tertiary/aromatic N) is 1. The Hall–Kier alpha value is -1.56. The predicted octanol–water partition coefficient (Wildman–Crippen LogP) is 0.182. The summed E-state index contributed by atoms with van der Waals surface area (Å²) in [6, 6.07) is 1.20. The van der Waals surface area contributed by atoms with Crippen molar-refractivity contribution in [2.45, 2.75) is 26.8 Å². The van der Waals surface area contributed by atoms with E-state index in [0.717, 1.165) is 0 Å². The summed E-state index contributed by atoms with van der Waals surface area (Å²) in [5.41, 5.74) is 4.64. The molecule has 1 aromatic rings. The molecule has 6 nitrogen and oxygen atoms in total. The number of nitrogen functional groups attached to an aromatic ring is 1. The van der Waals surface area contributed by atoms with Gasteiger partial charge in [-0.25, -0.2) is 4.79 Å². The van der Waals surface area contributed by atoms with Crippen LogP contribution in [0.2, 0.25) is 0 Å². The average Bonchev–Trinajstić information content (AvgIpc) is 2.20. The van der Waals surface area contributed by atoms with Gasteiger partial charge in [0.15, 0.2) is 0 Å². The second kappa shape index (κ2) is 6.24. The Morgan fingerprint density at radius 2 is 2.18 bits per heavy atom. The molecule has 96 valence electrons. The minimum Gasteiger partial charge on any atom is -0.385 e. The molecule has 3 N–H and O–H groups in total. The van der Waals surface area contributed by atoms with Crippen LogP contribution in [0.4, 0.5) is 5.82 Å². The molecule has 6 heteroatoms. The quantitative estimate of drug-likeness (QED) is 0.695. The zero-order chi connectivity index (χ0) is 12.8. The molecule has 0 aliphatic rings. The minimum absolute atomic E-state index is 0.183. The highest BCUT2D eigenvalue weighted by molar-refractivity contribution is 5.25. The van der Waals surface area contributed by atoms with Crippen LogP contribution in [0.3, 0.4) is 0 Å². The molecule has 1 heterocycles. The van der Waals surface area contributed by atoms with Crippen molar-refractivity contribution in [3.05, 3.63) is 26.9 Å². The number of ether oxygens (including phenoxy) is 1. The number of nitrogens with two attached hydrogens (primary N) is 1. The van der Waals surface area contributed by atoms with Crippen LogP contribution >= 0.6 is 0 Å². The number of H-pyrrole nitrogens is 1. The molecule has 0 saturated heterocycles. The number of nitrogens with one attached hydrogen (secondary N) is 1. The Labute approximate surface area is 99.4 Å². The van der Waals surface area contributed by atoms with Gasteiger partial charge in [0.2, 0.25) is 0 Å². The molecule has 0 atom stereocenters. The maximum absolute atomic E-state index is 11.4. The van der Waals surface area contributed by atoms with Gasteiger partial charge in [0.1, 0.15) is 5.82 Å². The average molecular weight is 241 g/mol. The highest BCUT2D eigenvalue weighted by Gasteiger charge is 2.02. The Morgan fingerprint density at radius 3 is 2.76 bits per heavy atom. The van der Waals surface area contributed by atoms with Gasteiger partial charge in [0.25, 0.3) is 5.56 Å². The summed E-state index contributed by atoms with van der Waals surface area (Å²) in [5, 5.41) is 0. The molecule has 1 aromatic heterocycles. The summed E-state index contributed by atoms with van der Waals surface area (Å²) in [4.78, 5) is 24.5. The lowest BCUT2D eigenvalue weighted by molar-refractivity contribution is 0.105. The van der Waals surface area contributed by atoms with Gasteiger partial charge in [-0.1, -0.05) is 13.8 Å². The van der Waals surface area contributed by atoms with Gasteiger partial charge in [-0.3, -0.25) is 14.3 Å². The van der Waals surface area contributed by atoms with Crippen LogP contribution < -0.4 is 17.0 Å². The first-order valence-corrected chi connectivity index (χ1v) is 5.68. The zero-order valence-electron chi connectivity index (χ0n) is 10.2. The third kappa shape index (κ3) is 4.44. The molecule has 1 rings (SSSR count). The fourth-order valence-corrected chi connectivity index (χ4v) is 1.41. The fraction of sp³-hybridized carbons (Fsp3) is 0.636. The van der Waals surface area contributed by atoms with Crippen LogP contribution in [0.1, 0.15) is 20.3 Å². The van der Waals surface area contributed by atoms with Crippen molar-refractivity contribution >= 4 is 5.82 Å². The molecule has 0 saturated carbocycles. The van der Waals surface area contributed by atoms with Crippen molar-refractivity contribution in [3.63, 3.8) is 0 Å². The van der Waals surface area contributed by atoms with Crippen molar-refractivity contribution in [2.24, 2.45) is 5.92 Å². The van der Waals surface area contributed by atoms with Crippen molar-refractivity contribution in [2.75, 3.05) is 18.9 Å². The summed E-state index contributed by atoms with van der Waals surface area (Å²) < 4.78 is 6.73. The summed E-state index contributed by atoms with van der Waals surface area (Å²) in [7, 11) is 0.